The van der Waals surface area contributed by atoms with E-state index in [4.69, 9.17) is 10.6 Å². The van der Waals surface area contributed by atoms with Crippen molar-refractivity contribution in [3.05, 3.63) is 33.9 Å². The summed E-state index contributed by atoms with van der Waals surface area (Å²) in [6.07, 6.45) is -5.26. The van der Waals surface area contributed by atoms with Crippen LogP contribution in [-0.4, -0.2) is 17.7 Å². The molecule has 0 spiro atoms. The fourth-order valence-electron chi connectivity index (χ4n) is 1.50. The molecule has 0 aromatic heterocycles. The number of nitro groups is 1. The Balaban J connectivity index is 2.49. The van der Waals surface area contributed by atoms with Gasteiger partial charge in [-0.1, -0.05) is 6.07 Å². The van der Waals surface area contributed by atoms with Crippen LogP contribution in [0.3, 0.4) is 0 Å². The third-order valence-electron chi connectivity index (χ3n) is 2.43. The van der Waals surface area contributed by atoms with Gasteiger partial charge in [-0.3, -0.25) is 16.0 Å². The number of anilines is 1. The molecule has 0 amide bonds. The van der Waals surface area contributed by atoms with Crippen LogP contribution < -0.4 is 11.3 Å². The van der Waals surface area contributed by atoms with Crippen LogP contribution in [0.15, 0.2) is 18.2 Å². The molecule has 0 aliphatic rings. The topological polar surface area (TPSA) is 90.4 Å². The fourth-order valence-corrected chi connectivity index (χ4v) is 1.50. The molecule has 1 aromatic carbocycles. The normalized spacial score (nSPS) is 11.4. The van der Waals surface area contributed by atoms with Crippen molar-refractivity contribution >= 4 is 11.4 Å². The van der Waals surface area contributed by atoms with Crippen molar-refractivity contribution in [3.8, 4) is 0 Å². The molecule has 0 unspecified atom stereocenters. The maximum atomic E-state index is 11.9. The largest absolute Gasteiger partial charge is 0.389 e. The molecule has 6 nitrogen and oxygen atoms in total. The van der Waals surface area contributed by atoms with E-state index in [1.807, 2.05) is 0 Å². The molecular weight excluding hydrogens is 279 g/mol. The molecule has 3 N–H and O–H groups in total. The molecule has 0 radical (unpaired) electrons. The van der Waals surface area contributed by atoms with Gasteiger partial charge in [0.2, 0.25) is 0 Å². The Kier molecular flexibility index (Phi) is 5.71. The van der Waals surface area contributed by atoms with Crippen LogP contribution in [0.25, 0.3) is 0 Å². The Labute approximate surface area is 112 Å². The van der Waals surface area contributed by atoms with Gasteiger partial charge in [-0.05, 0) is 18.1 Å². The molecule has 112 valence electrons. The van der Waals surface area contributed by atoms with Crippen molar-refractivity contribution in [1.82, 2.24) is 0 Å². The summed E-state index contributed by atoms with van der Waals surface area (Å²) in [7, 11) is 0. The van der Waals surface area contributed by atoms with Gasteiger partial charge in [-0.15, -0.1) is 0 Å². The smallest absolute Gasteiger partial charge is 0.377 e. The Morgan fingerprint density at radius 3 is 2.65 bits per heavy atom. The third-order valence-corrected chi connectivity index (χ3v) is 2.43. The molecule has 0 aliphatic carbocycles. The predicted molar refractivity (Wildman–Crippen MR) is 65.9 cm³/mol. The standard InChI is InChI=1S/C11H14F3N3O3/c12-11(13,14)4-1-5-20-7-8-2-3-9(16-15)10(6-8)17(18)19/h2-3,6,16H,1,4-5,7,15H2. The second kappa shape index (κ2) is 7.06. The van der Waals surface area contributed by atoms with Crippen LogP contribution in [0.4, 0.5) is 24.5 Å². The number of alkyl halides is 3. The van der Waals surface area contributed by atoms with E-state index in [9.17, 15) is 23.3 Å². The number of ether oxygens (including phenoxy) is 1. The van der Waals surface area contributed by atoms with Crippen molar-refractivity contribution in [1.29, 1.82) is 0 Å². The Hall–Kier alpha value is -1.87. The maximum absolute atomic E-state index is 11.9. The quantitative estimate of drug-likeness (QED) is 0.349. The molecule has 9 heteroatoms. The fraction of sp³-hybridized carbons (Fsp3) is 0.455. The number of hydrogen-bond acceptors (Lipinski definition) is 5. The van der Waals surface area contributed by atoms with E-state index in [-0.39, 0.29) is 31.0 Å². The molecule has 1 rings (SSSR count). The highest BCUT2D eigenvalue weighted by Crippen LogP contribution is 2.25. The molecule has 0 saturated carbocycles. The summed E-state index contributed by atoms with van der Waals surface area (Å²) in [6, 6.07) is 4.22. The van der Waals surface area contributed by atoms with Gasteiger partial charge in [0, 0.05) is 19.1 Å². The van der Waals surface area contributed by atoms with Gasteiger partial charge in [0.1, 0.15) is 5.69 Å². The first-order valence-corrected chi connectivity index (χ1v) is 5.72. The molecule has 1 aromatic rings. The lowest BCUT2D eigenvalue weighted by Gasteiger charge is -2.08. The summed E-state index contributed by atoms with van der Waals surface area (Å²) < 4.78 is 40.7. The Morgan fingerprint density at radius 2 is 2.10 bits per heavy atom. The van der Waals surface area contributed by atoms with Crippen LogP contribution in [0, 0.1) is 10.1 Å². The van der Waals surface area contributed by atoms with Crippen molar-refractivity contribution in [2.75, 3.05) is 12.0 Å². The van der Waals surface area contributed by atoms with Gasteiger partial charge in [0.25, 0.3) is 5.69 Å². The summed E-state index contributed by atoms with van der Waals surface area (Å²) in [4.78, 5) is 10.2. The van der Waals surface area contributed by atoms with Crippen LogP contribution in [0.1, 0.15) is 18.4 Å². The van der Waals surface area contributed by atoms with E-state index >= 15 is 0 Å². The molecule has 0 saturated heterocycles. The Morgan fingerprint density at radius 1 is 1.40 bits per heavy atom. The van der Waals surface area contributed by atoms with Gasteiger partial charge in [-0.25, -0.2) is 0 Å². The lowest BCUT2D eigenvalue weighted by atomic mass is 10.2. The van der Waals surface area contributed by atoms with Crippen molar-refractivity contribution in [2.24, 2.45) is 5.84 Å². The van der Waals surface area contributed by atoms with E-state index in [0.29, 0.717) is 5.56 Å². The lowest BCUT2D eigenvalue weighted by Crippen LogP contribution is -2.10. The zero-order chi connectivity index (χ0) is 15.2. The maximum Gasteiger partial charge on any atom is 0.389 e. The van der Waals surface area contributed by atoms with Crippen LogP contribution >= 0.6 is 0 Å². The predicted octanol–water partition coefficient (Wildman–Crippen LogP) is 2.74. The molecule has 20 heavy (non-hydrogen) atoms. The molecule has 0 aliphatic heterocycles. The highest BCUT2D eigenvalue weighted by molar-refractivity contribution is 5.61. The van der Waals surface area contributed by atoms with E-state index in [2.05, 4.69) is 5.43 Å². The molecule has 0 heterocycles. The van der Waals surface area contributed by atoms with Crippen LogP contribution in [0.2, 0.25) is 0 Å². The van der Waals surface area contributed by atoms with Gasteiger partial charge in [0.05, 0.1) is 11.5 Å². The number of nitro benzene ring substituents is 1. The average Bonchev–Trinajstić information content (AvgIpc) is 2.36. The number of hydrogen-bond donors (Lipinski definition) is 2. The number of nitrogens with one attached hydrogen (secondary N) is 1. The Bertz CT molecular complexity index is 466. The second-order valence-electron chi connectivity index (χ2n) is 4.02. The first-order chi connectivity index (χ1) is 9.33. The number of nitrogens with two attached hydrogens (primary N) is 1. The first-order valence-electron chi connectivity index (χ1n) is 5.72. The number of halogens is 3. The van der Waals surface area contributed by atoms with E-state index in [1.165, 1.54) is 12.1 Å². The van der Waals surface area contributed by atoms with Crippen molar-refractivity contribution < 1.29 is 22.8 Å². The summed E-state index contributed by atoms with van der Waals surface area (Å²) in [6.45, 7) is -0.0618. The van der Waals surface area contributed by atoms with Gasteiger partial charge < -0.3 is 10.2 Å². The number of benzene rings is 1. The van der Waals surface area contributed by atoms with Crippen molar-refractivity contribution in [2.45, 2.75) is 25.6 Å². The van der Waals surface area contributed by atoms with E-state index in [0.717, 1.165) is 0 Å². The second-order valence-corrected chi connectivity index (χ2v) is 4.02. The minimum absolute atomic E-state index is 0.00352. The minimum atomic E-state index is -4.20. The van der Waals surface area contributed by atoms with Gasteiger partial charge in [0.15, 0.2) is 0 Å². The lowest BCUT2D eigenvalue weighted by molar-refractivity contribution is -0.384. The molecular formula is C11H14F3N3O3. The zero-order valence-electron chi connectivity index (χ0n) is 10.4. The highest BCUT2D eigenvalue weighted by Gasteiger charge is 2.25. The summed E-state index contributed by atoms with van der Waals surface area (Å²) in [5.41, 5.74) is 2.61. The number of rotatable bonds is 7. The monoisotopic (exact) mass is 293 g/mol. The number of nitrogen functional groups attached to an aromatic ring is 1. The third kappa shape index (κ3) is 5.41. The van der Waals surface area contributed by atoms with Crippen molar-refractivity contribution in [3.63, 3.8) is 0 Å². The zero-order valence-corrected chi connectivity index (χ0v) is 10.4. The molecule has 0 bridgehead atoms. The van der Waals surface area contributed by atoms with E-state index in [1.54, 1.807) is 6.07 Å². The van der Waals surface area contributed by atoms with Crippen LogP contribution in [0.5, 0.6) is 0 Å². The highest BCUT2D eigenvalue weighted by atomic mass is 19.4. The summed E-state index contributed by atoms with van der Waals surface area (Å²) in [5.74, 6) is 5.13. The average molecular weight is 293 g/mol. The summed E-state index contributed by atoms with van der Waals surface area (Å²) in [5, 5.41) is 10.8. The first kappa shape index (κ1) is 16.2. The number of nitrogens with zero attached hydrogens (tertiary/aromatic N) is 1. The van der Waals surface area contributed by atoms with Crippen LogP contribution in [-0.2, 0) is 11.3 Å². The summed E-state index contributed by atoms with van der Waals surface area (Å²) >= 11 is 0. The van der Waals surface area contributed by atoms with Gasteiger partial charge in [-0.2, -0.15) is 13.2 Å². The molecule has 0 atom stereocenters. The van der Waals surface area contributed by atoms with Gasteiger partial charge >= 0.3 is 6.18 Å². The number of hydrazine groups is 1. The molecule has 0 fully saturated rings. The van der Waals surface area contributed by atoms with E-state index < -0.39 is 17.5 Å². The minimum Gasteiger partial charge on any atom is -0.377 e. The SMILES string of the molecule is NNc1ccc(COCCCC(F)(F)F)cc1[N+](=O)[O-].